The number of allylic oxidation sites excluding steroid dienone is 8. The molecule has 8 rings (SSSR count). The largest absolute Gasteiger partial charge is 0.340 e. The average molecular weight is 609 g/mol. The van der Waals surface area contributed by atoms with E-state index in [2.05, 4.69) is 174 Å². The van der Waals surface area contributed by atoms with E-state index in [1.807, 2.05) is 0 Å². The van der Waals surface area contributed by atoms with Crippen LogP contribution in [0.25, 0.3) is 16.8 Å². The summed E-state index contributed by atoms with van der Waals surface area (Å²) in [5.41, 5.74) is 11.9. The predicted octanol–water partition coefficient (Wildman–Crippen LogP) is 11.8. The third kappa shape index (κ3) is 6.00. The maximum absolute atomic E-state index is 2.57. The van der Waals surface area contributed by atoms with Crippen LogP contribution in [0.3, 0.4) is 0 Å². The summed E-state index contributed by atoms with van der Waals surface area (Å²) in [6.07, 6.45) is 23.9. The summed E-state index contributed by atoms with van der Waals surface area (Å²) >= 11 is 0. The molecular formula is C45H40N2. The van der Waals surface area contributed by atoms with Gasteiger partial charge in [-0.3, -0.25) is 0 Å². The zero-order valence-corrected chi connectivity index (χ0v) is 26.8. The van der Waals surface area contributed by atoms with Gasteiger partial charge in [0.2, 0.25) is 0 Å². The van der Waals surface area contributed by atoms with Gasteiger partial charge >= 0.3 is 0 Å². The van der Waals surface area contributed by atoms with Crippen molar-refractivity contribution in [1.82, 2.24) is 0 Å². The Morgan fingerprint density at radius 1 is 0.660 bits per heavy atom. The zero-order chi connectivity index (χ0) is 31.4. The van der Waals surface area contributed by atoms with Crippen molar-refractivity contribution < 1.29 is 0 Å². The molecule has 0 aromatic heterocycles. The maximum atomic E-state index is 2.57. The molecule has 0 saturated heterocycles. The summed E-state index contributed by atoms with van der Waals surface area (Å²) in [5, 5.41) is 2.51. The van der Waals surface area contributed by atoms with E-state index in [9.17, 15) is 0 Å². The molecule has 0 saturated carbocycles. The van der Waals surface area contributed by atoms with Crippen LogP contribution >= 0.6 is 0 Å². The Labute approximate surface area is 279 Å². The molecule has 0 aliphatic heterocycles. The van der Waals surface area contributed by atoms with Gasteiger partial charge in [-0.1, -0.05) is 127 Å². The van der Waals surface area contributed by atoms with Gasteiger partial charge in [-0.05, 0) is 96.2 Å². The molecule has 3 aliphatic carbocycles. The van der Waals surface area contributed by atoms with Gasteiger partial charge in [0.1, 0.15) is 0 Å². The molecule has 230 valence electrons. The van der Waals surface area contributed by atoms with Gasteiger partial charge in [-0.15, -0.1) is 0 Å². The summed E-state index contributed by atoms with van der Waals surface area (Å²) in [7, 11) is 0. The van der Waals surface area contributed by atoms with Crippen molar-refractivity contribution >= 4 is 33.9 Å². The van der Waals surface area contributed by atoms with Crippen molar-refractivity contribution in [2.75, 3.05) is 9.80 Å². The van der Waals surface area contributed by atoms with Crippen LogP contribution < -0.4 is 9.80 Å². The van der Waals surface area contributed by atoms with E-state index in [1.54, 1.807) is 0 Å². The molecule has 5 aromatic rings. The molecule has 0 N–H and O–H groups in total. The van der Waals surface area contributed by atoms with Crippen molar-refractivity contribution in [3.8, 4) is 0 Å². The first-order valence-corrected chi connectivity index (χ1v) is 17.0. The van der Waals surface area contributed by atoms with Gasteiger partial charge in [-0.25, -0.2) is 0 Å². The fourth-order valence-electron chi connectivity index (χ4n) is 7.35. The number of hydrogen-bond acceptors (Lipinski definition) is 2. The second-order valence-electron chi connectivity index (χ2n) is 12.7. The highest BCUT2D eigenvalue weighted by Crippen LogP contribution is 2.39. The van der Waals surface area contributed by atoms with Crippen LogP contribution in [0.4, 0.5) is 17.1 Å². The lowest BCUT2D eigenvalue weighted by Gasteiger charge is -2.32. The monoisotopic (exact) mass is 608 g/mol. The Bertz CT molecular complexity index is 2040. The molecule has 0 heterocycles. The van der Waals surface area contributed by atoms with Crippen LogP contribution in [0.5, 0.6) is 0 Å². The Hall–Kier alpha value is -5.34. The molecule has 2 heteroatoms. The van der Waals surface area contributed by atoms with E-state index in [0.717, 1.165) is 38.6 Å². The second-order valence-corrected chi connectivity index (χ2v) is 12.7. The van der Waals surface area contributed by atoms with E-state index in [4.69, 9.17) is 0 Å². The highest BCUT2D eigenvalue weighted by molar-refractivity contribution is 5.97. The van der Waals surface area contributed by atoms with Crippen LogP contribution in [0.2, 0.25) is 0 Å². The first-order valence-electron chi connectivity index (χ1n) is 17.0. The molecular weight excluding hydrogens is 569 g/mol. The number of hydrogen-bond donors (Lipinski definition) is 0. The Kier molecular flexibility index (Phi) is 8.16. The van der Waals surface area contributed by atoms with Gasteiger partial charge in [0.25, 0.3) is 0 Å². The van der Waals surface area contributed by atoms with Crippen LogP contribution in [-0.4, -0.2) is 0 Å². The highest BCUT2D eigenvalue weighted by Gasteiger charge is 2.21. The number of rotatable bonds is 8. The third-order valence-corrected chi connectivity index (χ3v) is 9.78. The Morgan fingerprint density at radius 3 is 2.28 bits per heavy atom. The summed E-state index contributed by atoms with van der Waals surface area (Å²) in [6, 6.07) is 42.2. The van der Waals surface area contributed by atoms with E-state index in [-0.39, 0.29) is 0 Å². The number of nitrogens with zero attached hydrogens (tertiary/aromatic N) is 2. The van der Waals surface area contributed by atoms with Gasteiger partial charge in [0.05, 0.1) is 5.69 Å². The van der Waals surface area contributed by atoms with Crippen LogP contribution in [0, 0.1) is 0 Å². The lowest BCUT2D eigenvalue weighted by Crippen LogP contribution is -2.24. The molecule has 0 bridgehead atoms. The summed E-state index contributed by atoms with van der Waals surface area (Å²) in [5.74, 6) is 0.355. The predicted molar refractivity (Wildman–Crippen MR) is 200 cm³/mol. The fourth-order valence-corrected chi connectivity index (χ4v) is 7.35. The molecule has 0 radical (unpaired) electrons. The summed E-state index contributed by atoms with van der Waals surface area (Å²) < 4.78 is 0. The van der Waals surface area contributed by atoms with Crippen molar-refractivity contribution in [1.29, 1.82) is 0 Å². The minimum Gasteiger partial charge on any atom is -0.340 e. The normalized spacial score (nSPS) is 16.8. The molecule has 2 nitrogen and oxygen atoms in total. The van der Waals surface area contributed by atoms with E-state index in [1.165, 1.54) is 61.5 Å². The van der Waals surface area contributed by atoms with Crippen molar-refractivity contribution in [3.05, 3.63) is 191 Å². The molecule has 47 heavy (non-hydrogen) atoms. The fraction of sp³-hybridized carbons (Fsp3) is 0.156. The summed E-state index contributed by atoms with van der Waals surface area (Å²) in [6.45, 7) is 0.877. The molecule has 5 aromatic carbocycles. The smallest absolute Gasteiger partial charge is 0.0539 e. The van der Waals surface area contributed by atoms with Crippen LogP contribution in [0.1, 0.15) is 53.9 Å². The SMILES string of the molecule is C1=CCCC(N(Cc2ccc(C3C=CC(N(c4ccccc4)c4cccc5ccccc45)=CC3)cc2)c2cccc3c2CCC=C3)=C1. The topological polar surface area (TPSA) is 6.48 Å². The first-order chi connectivity index (χ1) is 23.3. The minimum atomic E-state index is 0.355. The third-order valence-electron chi connectivity index (χ3n) is 9.78. The second kappa shape index (κ2) is 13.2. The molecule has 0 amide bonds. The minimum absolute atomic E-state index is 0.355. The van der Waals surface area contributed by atoms with Gasteiger partial charge in [0.15, 0.2) is 0 Å². The van der Waals surface area contributed by atoms with Crippen molar-refractivity contribution in [2.45, 2.75) is 44.6 Å². The zero-order valence-electron chi connectivity index (χ0n) is 26.8. The Morgan fingerprint density at radius 2 is 1.45 bits per heavy atom. The quantitative estimate of drug-likeness (QED) is 0.173. The van der Waals surface area contributed by atoms with Crippen molar-refractivity contribution in [3.63, 3.8) is 0 Å². The lowest BCUT2D eigenvalue weighted by molar-refractivity contribution is 0.810. The highest BCUT2D eigenvalue weighted by atomic mass is 15.2. The van der Waals surface area contributed by atoms with Crippen molar-refractivity contribution in [2.24, 2.45) is 0 Å². The maximum Gasteiger partial charge on any atom is 0.0539 e. The summed E-state index contributed by atoms with van der Waals surface area (Å²) in [4.78, 5) is 4.97. The lowest BCUT2D eigenvalue weighted by atomic mass is 9.90. The van der Waals surface area contributed by atoms with Crippen LogP contribution in [0.15, 0.2) is 169 Å². The number of anilines is 3. The first kappa shape index (κ1) is 29.1. The van der Waals surface area contributed by atoms with Crippen LogP contribution in [-0.2, 0) is 13.0 Å². The Balaban J connectivity index is 1.04. The van der Waals surface area contributed by atoms with E-state index in [0.29, 0.717) is 5.92 Å². The molecule has 3 aliphatic rings. The molecule has 0 fully saturated rings. The molecule has 0 spiro atoms. The number of fused-ring (bicyclic) bond motifs is 2. The van der Waals surface area contributed by atoms with E-state index < -0.39 is 0 Å². The van der Waals surface area contributed by atoms with Gasteiger partial charge in [0, 0.05) is 40.6 Å². The van der Waals surface area contributed by atoms with E-state index >= 15 is 0 Å². The molecule has 1 atom stereocenters. The number of benzene rings is 5. The number of para-hydroxylation sites is 1. The van der Waals surface area contributed by atoms with Gasteiger partial charge in [-0.2, -0.15) is 0 Å². The molecule has 1 unspecified atom stereocenters. The van der Waals surface area contributed by atoms with Gasteiger partial charge < -0.3 is 9.80 Å². The standard InChI is InChI=1S/C45H40N2/c1-3-17-39(18-4-1)46(44-23-11-15-37-13-7-9-21-42(37)44)33-34-25-27-35(28-26-34)36-29-31-41(32-30-36)47(40-19-5-2-6-20-40)45-24-12-16-38-14-8-10-22-43(38)45/h1-3,5-8,10-17,19-20,22-29,31-32,36H,4,9,18,21,30,33H2. The average Bonchev–Trinajstić information content (AvgIpc) is 3.15.